The SMILES string of the molecule is CCOC(=O)C(C)(C)n1c(-c2ccccc2)nc2scc(-c3cccs3)c2c1=O. The third-order valence-corrected chi connectivity index (χ3v) is 6.54. The first-order valence-corrected chi connectivity index (χ1v) is 11.0. The highest BCUT2D eigenvalue weighted by atomic mass is 32.1. The molecular formula is C22H20N2O3S2. The third kappa shape index (κ3) is 3.30. The predicted molar refractivity (Wildman–Crippen MR) is 119 cm³/mol. The van der Waals surface area contributed by atoms with Gasteiger partial charge in [0.2, 0.25) is 0 Å². The van der Waals surface area contributed by atoms with Gasteiger partial charge in [0, 0.05) is 21.4 Å². The Morgan fingerprint density at radius 3 is 2.55 bits per heavy atom. The molecule has 1 aromatic carbocycles. The summed E-state index contributed by atoms with van der Waals surface area (Å²) in [6.07, 6.45) is 0. The Kier molecular flexibility index (Phi) is 5.10. The smallest absolute Gasteiger partial charge is 0.331 e. The maximum absolute atomic E-state index is 13.8. The van der Waals surface area contributed by atoms with E-state index in [4.69, 9.17) is 9.72 Å². The monoisotopic (exact) mass is 424 g/mol. The number of thiophene rings is 2. The summed E-state index contributed by atoms with van der Waals surface area (Å²) in [5, 5.41) is 4.47. The van der Waals surface area contributed by atoms with Gasteiger partial charge in [-0.15, -0.1) is 22.7 Å². The van der Waals surface area contributed by atoms with E-state index in [1.165, 1.54) is 15.9 Å². The molecule has 0 aliphatic carbocycles. The highest BCUT2D eigenvalue weighted by Gasteiger charge is 2.36. The van der Waals surface area contributed by atoms with Crippen molar-refractivity contribution >= 4 is 38.9 Å². The molecule has 4 aromatic rings. The van der Waals surface area contributed by atoms with Crippen LogP contribution in [0.1, 0.15) is 20.8 Å². The van der Waals surface area contributed by atoms with Crippen molar-refractivity contribution in [2.75, 3.05) is 6.61 Å². The van der Waals surface area contributed by atoms with Gasteiger partial charge in [0.15, 0.2) is 0 Å². The van der Waals surface area contributed by atoms with E-state index < -0.39 is 11.5 Å². The Balaban J connectivity index is 2.07. The van der Waals surface area contributed by atoms with E-state index in [0.717, 1.165) is 16.0 Å². The minimum Gasteiger partial charge on any atom is -0.464 e. The molecule has 0 radical (unpaired) electrons. The Hall–Kier alpha value is -2.77. The van der Waals surface area contributed by atoms with Crippen LogP contribution < -0.4 is 5.56 Å². The van der Waals surface area contributed by atoms with Crippen molar-refractivity contribution in [1.29, 1.82) is 0 Å². The van der Waals surface area contributed by atoms with Gasteiger partial charge in [0.1, 0.15) is 16.2 Å². The standard InChI is InChI=1S/C22H20N2O3S2/c1-4-27-21(26)22(2,3)24-18(14-9-6-5-7-10-14)23-19-17(20(24)25)15(13-29-19)16-11-8-12-28-16/h5-13H,4H2,1-3H3. The van der Waals surface area contributed by atoms with E-state index in [1.807, 2.05) is 53.2 Å². The van der Waals surface area contributed by atoms with Crippen molar-refractivity contribution in [3.8, 4) is 21.8 Å². The summed E-state index contributed by atoms with van der Waals surface area (Å²) in [7, 11) is 0. The number of hydrogen-bond acceptors (Lipinski definition) is 6. The molecule has 0 aliphatic heterocycles. The zero-order chi connectivity index (χ0) is 20.6. The lowest BCUT2D eigenvalue weighted by atomic mass is 10.0. The molecular weight excluding hydrogens is 404 g/mol. The first-order chi connectivity index (χ1) is 13.9. The normalized spacial score (nSPS) is 11.7. The number of esters is 1. The fourth-order valence-electron chi connectivity index (χ4n) is 3.30. The van der Waals surface area contributed by atoms with E-state index in [9.17, 15) is 9.59 Å². The van der Waals surface area contributed by atoms with Gasteiger partial charge in [-0.2, -0.15) is 0 Å². The fraction of sp³-hybridized carbons (Fsp3) is 0.227. The summed E-state index contributed by atoms with van der Waals surface area (Å²) in [6, 6.07) is 13.4. The van der Waals surface area contributed by atoms with Crippen LogP contribution in [-0.4, -0.2) is 22.1 Å². The summed E-state index contributed by atoms with van der Waals surface area (Å²) in [5.41, 5.74) is 0.172. The van der Waals surface area contributed by atoms with Gasteiger partial charge in [-0.1, -0.05) is 36.4 Å². The fourth-order valence-corrected chi connectivity index (χ4v) is 5.05. The van der Waals surface area contributed by atoms with Gasteiger partial charge in [-0.3, -0.25) is 9.36 Å². The molecule has 0 fully saturated rings. The van der Waals surface area contributed by atoms with Crippen LogP contribution in [0.4, 0.5) is 0 Å². The summed E-state index contributed by atoms with van der Waals surface area (Å²) in [6.45, 7) is 5.39. The molecule has 0 atom stereocenters. The number of carbonyl (C=O) groups is 1. The van der Waals surface area contributed by atoms with E-state index in [0.29, 0.717) is 16.0 Å². The number of ether oxygens (including phenoxy) is 1. The second-order valence-corrected chi connectivity index (χ2v) is 8.83. The van der Waals surface area contributed by atoms with Crippen molar-refractivity contribution < 1.29 is 9.53 Å². The molecule has 0 aliphatic rings. The Bertz CT molecular complexity index is 1220. The first kappa shape index (κ1) is 19.5. The van der Waals surface area contributed by atoms with Crippen LogP contribution in [-0.2, 0) is 15.1 Å². The van der Waals surface area contributed by atoms with Crippen LogP contribution in [0.2, 0.25) is 0 Å². The average Bonchev–Trinajstić information content (AvgIpc) is 3.38. The third-order valence-electron chi connectivity index (χ3n) is 4.76. The Labute approximate surface area is 176 Å². The molecule has 0 spiro atoms. The lowest BCUT2D eigenvalue weighted by Gasteiger charge is -2.27. The van der Waals surface area contributed by atoms with Gasteiger partial charge in [-0.25, -0.2) is 9.78 Å². The zero-order valence-electron chi connectivity index (χ0n) is 16.3. The van der Waals surface area contributed by atoms with Crippen LogP contribution in [0.3, 0.4) is 0 Å². The molecule has 7 heteroatoms. The molecule has 0 saturated heterocycles. The predicted octanol–water partition coefficient (Wildman–Crippen LogP) is 5.15. The minimum absolute atomic E-state index is 0.239. The largest absolute Gasteiger partial charge is 0.464 e. The minimum atomic E-state index is -1.21. The molecule has 0 unspecified atom stereocenters. The van der Waals surface area contributed by atoms with Crippen LogP contribution in [0.5, 0.6) is 0 Å². The van der Waals surface area contributed by atoms with Gasteiger partial charge in [-0.05, 0) is 32.2 Å². The van der Waals surface area contributed by atoms with E-state index in [2.05, 4.69) is 0 Å². The van der Waals surface area contributed by atoms with Gasteiger partial charge in [0.25, 0.3) is 5.56 Å². The number of hydrogen-bond donors (Lipinski definition) is 0. The molecule has 0 amide bonds. The topological polar surface area (TPSA) is 61.2 Å². The van der Waals surface area contributed by atoms with Gasteiger partial charge in [0.05, 0.1) is 12.0 Å². The second-order valence-electron chi connectivity index (χ2n) is 7.03. The van der Waals surface area contributed by atoms with Crippen molar-refractivity contribution in [2.45, 2.75) is 26.3 Å². The van der Waals surface area contributed by atoms with Crippen molar-refractivity contribution in [2.24, 2.45) is 0 Å². The number of fused-ring (bicyclic) bond motifs is 1. The number of carbonyl (C=O) groups excluding carboxylic acids is 1. The number of aromatic nitrogens is 2. The summed E-state index contributed by atoms with van der Waals surface area (Å²) < 4.78 is 6.76. The molecule has 0 N–H and O–H groups in total. The Morgan fingerprint density at radius 1 is 1.14 bits per heavy atom. The molecule has 5 nitrogen and oxygen atoms in total. The molecule has 0 saturated carbocycles. The van der Waals surface area contributed by atoms with E-state index >= 15 is 0 Å². The summed E-state index contributed by atoms with van der Waals surface area (Å²) >= 11 is 3.01. The van der Waals surface area contributed by atoms with Crippen molar-refractivity contribution in [1.82, 2.24) is 9.55 Å². The maximum Gasteiger partial charge on any atom is 0.331 e. The molecule has 29 heavy (non-hydrogen) atoms. The van der Waals surface area contributed by atoms with Crippen molar-refractivity contribution in [3.63, 3.8) is 0 Å². The Morgan fingerprint density at radius 2 is 1.90 bits per heavy atom. The quantitative estimate of drug-likeness (QED) is 0.416. The maximum atomic E-state index is 13.8. The molecule has 4 rings (SSSR count). The average molecular weight is 425 g/mol. The molecule has 0 bridgehead atoms. The highest BCUT2D eigenvalue weighted by molar-refractivity contribution is 7.18. The van der Waals surface area contributed by atoms with Crippen LogP contribution in [0.15, 0.2) is 58.0 Å². The first-order valence-electron chi connectivity index (χ1n) is 9.26. The summed E-state index contributed by atoms with van der Waals surface area (Å²) in [5.74, 6) is -0.00549. The molecule has 3 aromatic heterocycles. The number of benzene rings is 1. The van der Waals surface area contributed by atoms with E-state index in [1.54, 1.807) is 32.1 Å². The zero-order valence-corrected chi connectivity index (χ0v) is 18.0. The summed E-state index contributed by atoms with van der Waals surface area (Å²) in [4.78, 5) is 33.1. The molecule has 148 valence electrons. The highest BCUT2D eigenvalue weighted by Crippen LogP contribution is 2.36. The van der Waals surface area contributed by atoms with E-state index in [-0.39, 0.29) is 12.2 Å². The van der Waals surface area contributed by atoms with Crippen LogP contribution in [0, 0.1) is 0 Å². The molecule has 3 heterocycles. The number of rotatable bonds is 5. The van der Waals surface area contributed by atoms with Crippen LogP contribution in [0.25, 0.3) is 32.0 Å². The van der Waals surface area contributed by atoms with Crippen LogP contribution >= 0.6 is 22.7 Å². The van der Waals surface area contributed by atoms with Gasteiger partial charge >= 0.3 is 5.97 Å². The second kappa shape index (κ2) is 7.57. The lowest BCUT2D eigenvalue weighted by molar-refractivity contribution is -0.152. The van der Waals surface area contributed by atoms with Gasteiger partial charge < -0.3 is 4.74 Å². The van der Waals surface area contributed by atoms with Crippen molar-refractivity contribution in [3.05, 3.63) is 63.6 Å². The number of nitrogens with zero attached hydrogens (tertiary/aromatic N) is 2. The lowest BCUT2D eigenvalue weighted by Crippen LogP contribution is -2.45.